The number of hydrogen-bond acceptors (Lipinski definition) is 4. The summed E-state index contributed by atoms with van der Waals surface area (Å²) in [5.74, 6) is -1.16. The number of rotatable bonds is 8. The molecule has 7 nitrogen and oxygen atoms in total. The van der Waals surface area contributed by atoms with E-state index in [0.717, 1.165) is 11.1 Å². The minimum Gasteiger partial charge on any atom is -0.444 e. The Balaban J connectivity index is 2.14. The second-order valence-corrected chi connectivity index (χ2v) is 8.04. The van der Waals surface area contributed by atoms with E-state index in [-0.39, 0.29) is 12.8 Å². The molecule has 4 N–H and O–H groups in total. The Kier molecular flexibility index (Phi) is 7.98. The van der Waals surface area contributed by atoms with Crippen molar-refractivity contribution in [3.63, 3.8) is 0 Å². The van der Waals surface area contributed by atoms with Crippen LogP contribution in [0.1, 0.15) is 31.9 Å². The van der Waals surface area contributed by atoms with E-state index < -0.39 is 35.6 Å². The van der Waals surface area contributed by atoms with Crippen LogP contribution in [-0.4, -0.2) is 35.6 Å². The first-order chi connectivity index (χ1) is 14.1. The molecule has 0 aromatic heterocycles. The number of alkyl carbamates (subject to hydrolysis) is 1. The van der Waals surface area contributed by atoms with Gasteiger partial charge in [-0.25, -0.2) is 4.79 Å². The molecule has 0 bridgehead atoms. The molecule has 160 valence electrons. The second-order valence-electron chi connectivity index (χ2n) is 8.04. The van der Waals surface area contributed by atoms with Gasteiger partial charge in [-0.15, -0.1) is 0 Å². The predicted molar refractivity (Wildman–Crippen MR) is 115 cm³/mol. The Bertz CT molecular complexity index is 848. The van der Waals surface area contributed by atoms with Gasteiger partial charge in [0.15, 0.2) is 0 Å². The Morgan fingerprint density at radius 1 is 0.833 bits per heavy atom. The number of ether oxygens (including phenoxy) is 1. The van der Waals surface area contributed by atoms with Gasteiger partial charge in [-0.05, 0) is 31.9 Å². The smallest absolute Gasteiger partial charge is 0.408 e. The Labute approximate surface area is 177 Å². The molecule has 3 amide bonds. The van der Waals surface area contributed by atoms with E-state index in [1.807, 2.05) is 60.7 Å². The quantitative estimate of drug-likeness (QED) is 0.619. The first-order valence-electron chi connectivity index (χ1n) is 9.81. The summed E-state index contributed by atoms with van der Waals surface area (Å²) in [6, 6.07) is 16.7. The number of amides is 3. The van der Waals surface area contributed by atoms with Crippen molar-refractivity contribution in [1.29, 1.82) is 0 Å². The van der Waals surface area contributed by atoms with E-state index in [9.17, 15) is 14.4 Å². The molecule has 2 aromatic rings. The highest BCUT2D eigenvalue weighted by Crippen LogP contribution is 2.10. The summed E-state index contributed by atoms with van der Waals surface area (Å²) in [7, 11) is 0. The molecular weight excluding hydrogens is 382 g/mol. The van der Waals surface area contributed by atoms with Gasteiger partial charge in [-0.3, -0.25) is 9.59 Å². The molecule has 0 aliphatic rings. The standard InChI is InChI=1S/C23H29N3O4/c1-23(2,3)30-22(29)26-19(15-17-12-8-5-9-13-17)21(28)25-18(20(24)27)14-16-10-6-4-7-11-16/h4-13,18-19H,14-15H2,1-3H3,(H2,24,27)(H,25,28)(H,26,29)/t18-,19+/m0/s1. The van der Waals surface area contributed by atoms with Gasteiger partial charge < -0.3 is 21.1 Å². The van der Waals surface area contributed by atoms with Crippen LogP contribution in [0, 0.1) is 0 Å². The molecule has 2 atom stereocenters. The molecule has 7 heteroatoms. The van der Waals surface area contributed by atoms with Crippen LogP contribution in [0.4, 0.5) is 4.79 Å². The Morgan fingerprint density at radius 3 is 1.73 bits per heavy atom. The Morgan fingerprint density at radius 2 is 1.30 bits per heavy atom. The first kappa shape index (κ1) is 22.9. The number of benzene rings is 2. The molecule has 0 aliphatic heterocycles. The molecule has 0 heterocycles. The van der Waals surface area contributed by atoms with Gasteiger partial charge in [-0.1, -0.05) is 60.7 Å². The van der Waals surface area contributed by atoms with Crippen molar-refractivity contribution in [2.75, 3.05) is 0 Å². The fourth-order valence-electron chi connectivity index (χ4n) is 2.85. The van der Waals surface area contributed by atoms with Crippen LogP contribution >= 0.6 is 0 Å². The molecule has 0 radical (unpaired) electrons. The molecule has 0 fully saturated rings. The van der Waals surface area contributed by atoms with Gasteiger partial charge >= 0.3 is 6.09 Å². The van der Waals surface area contributed by atoms with Crippen molar-refractivity contribution in [2.24, 2.45) is 5.73 Å². The van der Waals surface area contributed by atoms with Crippen LogP contribution < -0.4 is 16.4 Å². The fourth-order valence-corrected chi connectivity index (χ4v) is 2.85. The lowest BCUT2D eigenvalue weighted by atomic mass is 10.0. The van der Waals surface area contributed by atoms with Crippen molar-refractivity contribution >= 4 is 17.9 Å². The van der Waals surface area contributed by atoms with Crippen molar-refractivity contribution in [2.45, 2.75) is 51.3 Å². The van der Waals surface area contributed by atoms with Gasteiger partial charge in [0.1, 0.15) is 17.7 Å². The third kappa shape index (κ3) is 7.95. The number of hydrogen-bond donors (Lipinski definition) is 3. The minimum atomic E-state index is -0.931. The normalized spacial score (nSPS) is 13.0. The third-order valence-electron chi connectivity index (χ3n) is 4.23. The average Bonchev–Trinajstić information content (AvgIpc) is 2.67. The third-order valence-corrected chi connectivity index (χ3v) is 4.23. The van der Waals surface area contributed by atoms with Crippen LogP contribution in [0.5, 0.6) is 0 Å². The van der Waals surface area contributed by atoms with Crippen molar-refractivity contribution in [1.82, 2.24) is 10.6 Å². The number of primary amides is 1. The number of carbonyl (C=O) groups is 3. The lowest BCUT2D eigenvalue weighted by molar-refractivity contribution is -0.128. The molecule has 0 unspecified atom stereocenters. The van der Waals surface area contributed by atoms with Crippen molar-refractivity contribution < 1.29 is 19.1 Å². The van der Waals surface area contributed by atoms with E-state index in [0.29, 0.717) is 0 Å². The minimum absolute atomic E-state index is 0.239. The maximum absolute atomic E-state index is 13.0. The summed E-state index contributed by atoms with van der Waals surface area (Å²) in [6.07, 6.45) is -0.216. The van der Waals surface area contributed by atoms with Crippen LogP contribution in [0.3, 0.4) is 0 Å². The van der Waals surface area contributed by atoms with Crippen molar-refractivity contribution in [3.05, 3.63) is 71.8 Å². The topological polar surface area (TPSA) is 111 Å². The highest BCUT2D eigenvalue weighted by atomic mass is 16.6. The molecular formula is C23H29N3O4. The summed E-state index contributed by atoms with van der Waals surface area (Å²) in [5, 5.41) is 5.27. The molecule has 0 aliphatic carbocycles. The van der Waals surface area contributed by atoms with E-state index in [4.69, 9.17) is 10.5 Å². The molecule has 0 saturated carbocycles. The Hall–Kier alpha value is -3.35. The predicted octanol–water partition coefficient (Wildman–Crippen LogP) is 2.34. The molecule has 0 spiro atoms. The van der Waals surface area contributed by atoms with E-state index >= 15 is 0 Å². The monoisotopic (exact) mass is 411 g/mol. The largest absolute Gasteiger partial charge is 0.444 e. The van der Waals surface area contributed by atoms with Gasteiger partial charge in [0.2, 0.25) is 11.8 Å². The van der Waals surface area contributed by atoms with Crippen molar-refractivity contribution in [3.8, 4) is 0 Å². The summed E-state index contributed by atoms with van der Waals surface area (Å²) in [4.78, 5) is 37.2. The van der Waals surface area contributed by atoms with Gasteiger partial charge in [0.05, 0.1) is 0 Å². The van der Waals surface area contributed by atoms with E-state index in [1.54, 1.807) is 20.8 Å². The van der Waals surface area contributed by atoms with Crippen LogP contribution in [0.25, 0.3) is 0 Å². The molecule has 2 aromatic carbocycles. The van der Waals surface area contributed by atoms with Gasteiger partial charge in [0, 0.05) is 12.8 Å². The maximum Gasteiger partial charge on any atom is 0.408 e. The number of nitrogens with one attached hydrogen (secondary N) is 2. The summed E-state index contributed by atoms with van der Waals surface area (Å²) >= 11 is 0. The second kappa shape index (κ2) is 10.4. The molecule has 2 rings (SSSR count). The zero-order valence-corrected chi connectivity index (χ0v) is 17.6. The first-order valence-corrected chi connectivity index (χ1v) is 9.81. The lowest BCUT2D eigenvalue weighted by Gasteiger charge is -2.25. The summed E-state index contributed by atoms with van der Waals surface area (Å²) in [6.45, 7) is 5.21. The van der Waals surface area contributed by atoms with E-state index in [1.165, 1.54) is 0 Å². The number of carbonyl (C=O) groups excluding carboxylic acids is 3. The SMILES string of the molecule is CC(C)(C)OC(=O)N[C@H](Cc1ccccc1)C(=O)N[C@@H](Cc1ccccc1)C(N)=O. The highest BCUT2D eigenvalue weighted by Gasteiger charge is 2.28. The zero-order valence-electron chi connectivity index (χ0n) is 17.6. The number of nitrogens with two attached hydrogens (primary N) is 1. The molecule has 0 saturated heterocycles. The van der Waals surface area contributed by atoms with E-state index in [2.05, 4.69) is 10.6 Å². The molecule has 30 heavy (non-hydrogen) atoms. The van der Waals surface area contributed by atoms with Crippen LogP contribution in [-0.2, 0) is 27.2 Å². The highest BCUT2D eigenvalue weighted by molar-refractivity contribution is 5.91. The fraction of sp³-hybridized carbons (Fsp3) is 0.348. The lowest BCUT2D eigenvalue weighted by Crippen LogP contribution is -2.54. The maximum atomic E-state index is 13.0. The summed E-state index contributed by atoms with van der Waals surface area (Å²) in [5.41, 5.74) is 6.51. The van der Waals surface area contributed by atoms with Crippen LogP contribution in [0.2, 0.25) is 0 Å². The van der Waals surface area contributed by atoms with Crippen LogP contribution in [0.15, 0.2) is 60.7 Å². The zero-order chi connectivity index (χ0) is 22.1. The van der Waals surface area contributed by atoms with Gasteiger partial charge in [0.25, 0.3) is 0 Å². The average molecular weight is 412 g/mol. The van der Waals surface area contributed by atoms with Gasteiger partial charge in [-0.2, -0.15) is 0 Å². The summed E-state index contributed by atoms with van der Waals surface area (Å²) < 4.78 is 5.28.